The van der Waals surface area contributed by atoms with Gasteiger partial charge >= 0.3 is 0 Å². The van der Waals surface area contributed by atoms with Crippen LogP contribution in [-0.4, -0.2) is 23.4 Å². The van der Waals surface area contributed by atoms with Crippen molar-refractivity contribution < 1.29 is 8.42 Å². The molecule has 0 spiro atoms. The summed E-state index contributed by atoms with van der Waals surface area (Å²) >= 11 is 0. The second-order valence-corrected chi connectivity index (χ2v) is 8.90. The first-order valence-corrected chi connectivity index (χ1v) is 10.7. The first kappa shape index (κ1) is 18.3. The topological polar surface area (TPSA) is 114 Å². The zero-order valence-corrected chi connectivity index (χ0v) is 16.1. The molecule has 1 saturated carbocycles. The number of aromatic nitrogens is 2. The smallest absolute Gasteiger partial charge is 0.269 e. The molecule has 2 unspecified atom stereocenters. The lowest BCUT2D eigenvalue weighted by Crippen LogP contribution is -2.27. The molecule has 1 aliphatic rings. The van der Waals surface area contributed by atoms with E-state index in [1.165, 1.54) is 16.4 Å². The van der Waals surface area contributed by atoms with Crippen molar-refractivity contribution in [3.63, 3.8) is 0 Å². The van der Waals surface area contributed by atoms with E-state index >= 15 is 0 Å². The summed E-state index contributed by atoms with van der Waals surface area (Å²) in [5, 5.41) is 13.3. The minimum Gasteiger partial charge on any atom is -0.396 e. The zero-order chi connectivity index (χ0) is 19.7. The van der Waals surface area contributed by atoms with Crippen LogP contribution in [0.15, 0.2) is 53.7 Å². The van der Waals surface area contributed by atoms with E-state index < -0.39 is 10.0 Å². The Bertz CT molecular complexity index is 1150. The van der Waals surface area contributed by atoms with E-state index in [1.54, 1.807) is 36.4 Å². The van der Waals surface area contributed by atoms with Crippen molar-refractivity contribution in [2.75, 3.05) is 11.1 Å². The minimum absolute atomic E-state index is 0.0351. The first-order chi connectivity index (χ1) is 13.5. The molecule has 3 N–H and O–H groups in total. The number of fused-ring (bicyclic) bond motifs is 1. The molecular weight excluding hydrogens is 374 g/mol. The largest absolute Gasteiger partial charge is 0.396 e. The van der Waals surface area contributed by atoms with Crippen LogP contribution in [0.1, 0.15) is 25.7 Å². The zero-order valence-electron chi connectivity index (χ0n) is 15.2. The van der Waals surface area contributed by atoms with Crippen LogP contribution in [0.2, 0.25) is 0 Å². The standard InChI is InChI=1S/C20H21N5O2S/c21-12-14-5-4-6-15(11-14)24-19-17-9-10-25(20(17)23-13-18(19)22)28(26,27)16-7-2-1-3-8-16/h1-3,7-10,13-15H,4-6,11,22H2,(H,23,24). The van der Waals surface area contributed by atoms with Crippen molar-refractivity contribution in [2.45, 2.75) is 36.6 Å². The van der Waals surface area contributed by atoms with Gasteiger partial charge in [-0.1, -0.05) is 24.6 Å². The van der Waals surface area contributed by atoms with E-state index in [0.717, 1.165) is 25.7 Å². The molecule has 1 aromatic carbocycles. The summed E-state index contributed by atoms with van der Waals surface area (Å²) in [5.41, 5.74) is 7.61. The van der Waals surface area contributed by atoms with Crippen molar-refractivity contribution in [2.24, 2.45) is 5.92 Å². The van der Waals surface area contributed by atoms with Gasteiger partial charge in [-0.2, -0.15) is 5.26 Å². The minimum atomic E-state index is -3.76. The van der Waals surface area contributed by atoms with E-state index in [2.05, 4.69) is 16.4 Å². The van der Waals surface area contributed by atoms with Gasteiger partial charge in [0, 0.05) is 23.5 Å². The number of anilines is 2. The first-order valence-electron chi connectivity index (χ1n) is 9.23. The van der Waals surface area contributed by atoms with Gasteiger partial charge < -0.3 is 11.1 Å². The second-order valence-electron chi connectivity index (χ2n) is 7.09. The average molecular weight is 395 g/mol. The number of nitrogens with two attached hydrogens (primary N) is 1. The number of nitrogens with zero attached hydrogens (tertiary/aromatic N) is 3. The van der Waals surface area contributed by atoms with E-state index in [4.69, 9.17) is 5.73 Å². The number of hydrogen-bond donors (Lipinski definition) is 2. The molecular formula is C20H21N5O2S. The van der Waals surface area contributed by atoms with Gasteiger partial charge in [-0.15, -0.1) is 0 Å². The molecule has 144 valence electrons. The molecule has 2 atom stereocenters. The van der Waals surface area contributed by atoms with Gasteiger partial charge in [-0.3, -0.25) is 0 Å². The summed E-state index contributed by atoms with van der Waals surface area (Å²) in [7, 11) is -3.76. The normalized spacial score (nSPS) is 20.0. The Hall–Kier alpha value is -3.05. The Morgan fingerprint density at radius 2 is 2.00 bits per heavy atom. The molecule has 8 heteroatoms. The van der Waals surface area contributed by atoms with Gasteiger partial charge in [-0.05, 0) is 37.5 Å². The predicted octanol–water partition coefficient (Wildman–Crippen LogP) is 3.35. The molecule has 3 aromatic rings. The Morgan fingerprint density at radius 1 is 1.21 bits per heavy atom. The molecule has 0 bridgehead atoms. The van der Waals surface area contributed by atoms with Gasteiger partial charge in [0.2, 0.25) is 0 Å². The summed E-state index contributed by atoms with van der Waals surface area (Å²) in [6.45, 7) is 0. The molecule has 2 heterocycles. The third kappa shape index (κ3) is 3.18. The number of nitriles is 1. The van der Waals surface area contributed by atoms with Crippen LogP contribution < -0.4 is 11.1 Å². The van der Waals surface area contributed by atoms with Crippen LogP contribution in [0.5, 0.6) is 0 Å². The van der Waals surface area contributed by atoms with Crippen LogP contribution in [-0.2, 0) is 10.0 Å². The van der Waals surface area contributed by atoms with Gasteiger partial charge in [0.05, 0.1) is 28.5 Å². The molecule has 0 radical (unpaired) electrons. The summed E-state index contributed by atoms with van der Waals surface area (Å²) < 4.78 is 27.2. The molecule has 0 aliphatic heterocycles. The third-order valence-corrected chi connectivity index (χ3v) is 6.90. The second kappa shape index (κ2) is 7.17. The molecule has 0 amide bonds. The van der Waals surface area contributed by atoms with E-state index in [-0.39, 0.29) is 16.9 Å². The Morgan fingerprint density at radius 3 is 2.75 bits per heavy atom. The number of rotatable bonds is 4. The maximum atomic E-state index is 13.0. The quantitative estimate of drug-likeness (QED) is 0.700. The molecule has 28 heavy (non-hydrogen) atoms. The van der Waals surface area contributed by atoms with Crippen LogP contribution in [0.4, 0.5) is 11.4 Å². The van der Waals surface area contributed by atoms with Crippen LogP contribution in [0, 0.1) is 17.2 Å². The molecule has 1 aliphatic carbocycles. The fourth-order valence-corrected chi connectivity index (χ4v) is 5.10. The number of hydrogen-bond acceptors (Lipinski definition) is 6. The van der Waals surface area contributed by atoms with Gasteiger partial charge in [0.1, 0.15) is 0 Å². The molecule has 0 saturated heterocycles. The predicted molar refractivity (Wildman–Crippen MR) is 108 cm³/mol. The van der Waals surface area contributed by atoms with E-state index in [0.29, 0.717) is 22.4 Å². The van der Waals surface area contributed by atoms with Crippen molar-refractivity contribution in [3.05, 3.63) is 48.8 Å². The van der Waals surface area contributed by atoms with Gasteiger partial charge in [-0.25, -0.2) is 17.4 Å². The van der Waals surface area contributed by atoms with Crippen LogP contribution in [0.25, 0.3) is 11.0 Å². The summed E-state index contributed by atoms with van der Waals surface area (Å²) in [5.74, 6) is 0.0351. The van der Waals surface area contributed by atoms with E-state index in [1.807, 2.05) is 0 Å². The highest BCUT2D eigenvalue weighted by atomic mass is 32.2. The molecule has 1 fully saturated rings. The fraction of sp³-hybridized carbons (Fsp3) is 0.300. The fourth-order valence-electron chi connectivity index (χ4n) is 3.78. The van der Waals surface area contributed by atoms with Crippen molar-refractivity contribution in [1.82, 2.24) is 8.96 Å². The number of pyridine rings is 1. The van der Waals surface area contributed by atoms with Crippen molar-refractivity contribution in [1.29, 1.82) is 5.26 Å². The maximum absolute atomic E-state index is 13.0. The van der Waals surface area contributed by atoms with Crippen LogP contribution >= 0.6 is 0 Å². The van der Waals surface area contributed by atoms with Crippen LogP contribution in [0.3, 0.4) is 0 Å². The highest BCUT2D eigenvalue weighted by molar-refractivity contribution is 7.90. The summed E-state index contributed by atoms with van der Waals surface area (Å²) in [4.78, 5) is 4.48. The monoisotopic (exact) mass is 395 g/mol. The lowest BCUT2D eigenvalue weighted by atomic mass is 9.86. The number of nitrogen functional groups attached to an aromatic ring is 1. The highest BCUT2D eigenvalue weighted by Crippen LogP contribution is 2.34. The molecule has 2 aromatic heterocycles. The van der Waals surface area contributed by atoms with Crippen molar-refractivity contribution >= 4 is 32.4 Å². The summed E-state index contributed by atoms with van der Waals surface area (Å²) in [6, 6.07) is 12.4. The van der Waals surface area contributed by atoms with Crippen molar-refractivity contribution in [3.8, 4) is 6.07 Å². The lowest BCUT2D eigenvalue weighted by Gasteiger charge is -2.27. The highest BCUT2D eigenvalue weighted by Gasteiger charge is 2.25. The third-order valence-electron chi connectivity index (χ3n) is 5.22. The lowest BCUT2D eigenvalue weighted by molar-refractivity contribution is 0.396. The SMILES string of the molecule is N#CC1CCCC(Nc2c(N)cnc3c2ccn3S(=O)(=O)c2ccccc2)C1. The Balaban J connectivity index is 1.74. The van der Waals surface area contributed by atoms with Gasteiger partial charge in [0.25, 0.3) is 10.0 Å². The number of benzene rings is 1. The Kier molecular flexibility index (Phi) is 4.69. The average Bonchev–Trinajstić information content (AvgIpc) is 3.16. The maximum Gasteiger partial charge on any atom is 0.269 e. The van der Waals surface area contributed by atoms with E-state index in [9.17, 15) is 13.7 Å². The van der Waals surface area contributed by atoms with Gasteiger partial charge in [0.15, 0.2) is 5.65 Å². The molecule has 7 nitrogen and oxygen atoms in total. The number of nitrogens with one attached hydrogen (secondary N) is 1. The molecule has 4 rings (SSSR count). The Labute approximate surface area is 163 Å². The summed E-state index contributed by atoms with van der Waals surface area (Å²) in [6.07, 6.45) is 6.58.